The van der Waals surface area contributed by atoms with Gasteiger partial charge in [0.05, 0.1) is 0 Å². The smallest absolute Gasteiger partial charge is 0.147 e. The third-order valence-electron chi connectivity index (χ3n) is 0.263. The minimum atomic E-state index is -1.37. The summed E-state index contributed by atoms with van der Waals surface area (Å²) in [6.45, 7) is 0. The SMILES string of the molecule is N=S(CF)CF. The van der Waals surface area contributed by atoms with Crippen molar-refractivity contribution in [3.63, 3.8) is 0 Å². The van der Waals surface area contributed by atoms with E-state index in [4.69, 9.17) is 4.78 Å². The molecule has 0 unspecified atom stereocenters. The zero-order valence-corrected chi connectivity index (χ0v) is 3.89. The van der Waals surface area contributed by atoms with Gasteiger partial charge in [0.25, 0.3) is 0 Å². The molecule has 0 aromatic rings. The molecule has 0 aliphatic carbocycles. The molecule has 0 rings (SSSR count). The predicted octanol–water partition coefficient (Wildman–Crippen LogP) is 1.22. The van der Waals surface area contributed by atoms with Crippen molar-refractivity contribution in [2.75, 3.05) is 12.0 Å². The molecule has 0 atom stereocenters. The molecule has 4 heteroatoms. The van der Waals surface area contributed by atoms with E-state index in [1.54, 1.807) is 0 Å². The molecule has 38 valence electrons. The monoisotopic (exact) mass is 113 g/mol. The molecule has 0 bridgehead atoms. The Bertz CT molecular complexity index is 49.5. The van der Waals surface area contributed by atoms with Crippen molar-refractivity contribution in [1.29, 1.82) is 4.78 Å². The predicted molar refractivity (Wildman–Crippen MR) is 22.0 cm³/mol. The Kier molecular flexibility index (Phi) is 3.21. The second-order valence-electron chi connectivity index (χ2n) is 0.711. The summed E-state index contributed by atoms with van der Waals surface area (Å²) in [5, 5.41) is 0. The summed E-state index contributed by atoms with van der Waals surface area (Å²) in [6, 6.07) is -1.70. The minimum absolute atomic E-state index is 0.851. The van der Waals surface area contributed by atoms with Crippen LogP contribution in [0.2, 0.25) is 0 Å². The normalized spacial score (nSPS) is 9.83. The van der Waals surface area contributed by atoms with E-state index in [2.05, 4.69) is 0 Å². The van der Waals surface area contributed by atoms with Crippen LogP contribution in [0.3, 0.4) is 0 Å². The fourth-order valence-corrected chi connectivity index (χ4v) is 0.0875. The molecular weight excluding hydrogens is 108 g/mol. The Morgan fingerprint density at radius 2 is 1.67 bits per heavy atom. The lowest BCUT2D eigenvalue weighted by atomic mass is 11.8. The van der Waals surface area contributed by atoms with Crippen LogP contribution in [0, 0.1) is 4.78 Å². The summed E-state index contributed by atoms with van der Waals surface area (Å²) in [5.41, 5.74) is 0. The molecule has 0 fully saturated rings. The first kappa shape index (κ1) is 6.01. The summed E-state index contributed by atoms with van der Waals surface area (Å²) in [4.78, 5) is 0. The standard InChI is InChI=1S/C2H5F2NS/c3-1-6(5)2-4/h5H,1-2H2. The molecule has 6 heavy (non-hydrogen) atoms. The van der Waals surface area contributed by atoms with Gasteiger partial charge in [-0.05, 0) is 10.7 Å². The van der Waals surface area contributed by atoms with Gasteiger partial charge in [0.2, 0.25) is 0 Å². The number of halogens is 2. The van der Waals surface area contributed by atoms with Crippen molar-refractivity contribution in [3.05, 3.63) is 0 Å². The van der Waals surface area contributed by atoms with Crippen molar-refractivity contribution < 1.29 is 8.78 Å². The molecule has 0 saturated heterocycles. The fourth-order valence-electron chi connectivity index (χ4n) is 0.0292. The van der Waals surface area contributed by atoms with E-state index in [1.165, 1.54) is 0 Å². The van der Waals surface area contributed by atoms with Gasteiger partial charge in [0, 0.05) is 0 Å². The quantitative estimate of drug-likeness (QED) is 0.556. The van der Waals surface area contributed by atoms with Gasteiger partial charge in [0.15, 0.2) is 0 Å². The second-order valence-corrected chi connectivity index (χ2v) is 2.13. The molecule has 0 spiro atoms. The zero-order chi connectivity index (χ0) is 4.99. The number of hydrogen-bond acceptors (Lipinski definition) is 1. The lowest BCUT2D eigenvalue weighted by Gasteiger charge is -1.83. The molecule has 0 aromatic heterocycles. The summed E-state index contributed by atoms with van der Waals surface area (Å²) < 4.78 is 28.3. The van der Waals surface area contributed by atoms with Crippen LogP contribution in [0.25, 0.3) is 0 Å². The maximum Gasteiger partial charge on any atom is 0.147 e. The molecule has 0 aliphatic rings. The molecule has 0 heterocycles. The van der Waals surface area contributed by atoms with Crippen LogP contribution < -0.4 is 0 Å². The highest BCUT2D eigenvalue weighted by Crippen LogP contribution is 1.82. The second kappa shape index (κ2) is 3.21. The first-order chi connectivity index (χ1) is 2.81. The summed E-state index contributed by atoms with van der Waals surface area (Å²) in [6.07, 6.45) is 0. The highest BCUT2D eigenvalue weighted by molar-refractivity contribution is 7.85. The van der Waals surface area contributed by atoms with Gasteiger partial charge >= 0.3 is 0 Å². The molecule has 0 aliphatic heterocycles. The molecular formula is C2H5F2NS. The van der Waals surface area contributed by atoms with E-state index >= 15 is 0 Å². The Hall–Kier alpha value is 0.01000. The van der Waals surface area contributed by atoms with Crippen LogP contribution >= 0.6 is 0 Å². The maximum absolute atomic E-state index is 11.0. The third kappa shape index (κ3) is 2.26. The van der Waals surface area contributed by atoms with Gasteiger partial charge in [-0.25, -0.2) is 8.78 Å². The van der Waals surface area contributed by atoms with Crippen LogP contribution in [0.15, 0.2) is 0 Å². The van der Waals surface area contributed by atoms with Gasteiger partial charge < -0.3 is 0 Å². The van der Waals surface area contributed by atoms with Crippen molar-refractivity contribution in [3.8, 4) is 0 Å². The Morgan fingerprint density at radius 3 is 1.67 bits per heavy atom. The lowest BCUT2D eigenvalue weighted by Crippen LogP contribution is -1.87. The molecule has 0 aromatic carbocycles. The first-order valence-electron chi connectivity index (χ1n) is 1.32. The van der Waals surface area contributed by atoms with E-state index in [9.17, 15) is 8.78 Å². The van der Waals surface area contributed by atoms with Gasteiger partial charge in [-0.2, -0.15) is 0 Å². The van der Waals surface area contributed by atoms with Crippen molar-refractivity contribution >= 4 is 10.7 Å². The zero-order valence-electron chi connectivity index (χ0n) is 3.08. The average Bonchev–Trinajstić information content (AvgIpc) is 1.65. The van der Waals surface area contributed by atoms with E-state index in [1.807, 2.05) is 0 Å². The van der Waals surface area contributed by atoms with E-state index in [0.717, 1.165) is 0 Å². The summed E-state index contributed by atoms with van der Waals surface area (Å²) in [7, 11) is -1.37. The molecule has 1 nitrogen and oxygen atoms in total. The summed E-state index contributed by atoms with van der Waals surface area (Å²) in [5.74, 6) is 0. The highest BCUT2D eigenvalue weighted by atomic mass is 32.2. The largest absolute Gasteiger partial charge is 0.275 e. The van der Waals surface area contributed by atoms with Gasteiger partial charge in [0.1, 0.15) is 12.0 Å². The van der Waals surface area contributed by atoms with Gasteiger partial charge in [-0.15, -0.1) is 0 Å². The molecule has 0 radical (unpaired) electrons. The number of hydrogen-bond donors (Lipinski definition) is 1. The van der Waals surface area contributed by atoms with Crippen LogP contribution in [0.4, 0.5) is 8.78 Å². The molecule has 1 N–H and O–H groups in total. The Morgan fingerprint density at radius 1 is 1.33 bits per heavy atom. The van der Waals surface area contributed by atoms with Gasteiger partial charge in [-0.3, -0.25) is 4.78 Å². The number of alkyl halides is 2. The third-order valence-corrected chi connectivity index (χ3v) is 0.790. The topological polar surface area (TPSA) is 23.9 Å². The average molecular weight is 113 g/mol. The Balaban J connectivity index is 2.99. The van der Waals surface area contributed by atoms with Crippen LogP contribution in [-0.2, 0) is 10.7 Å². The first-order valence-corrected chi connectivity index (χ1v) is 2.88. The van der Waals surface area contributed by atoms with Crippen LogP contribution in [0.1, 0.15) is 0 Å². The van der Waals surface area contributed by atoms with Crippen molar-refractivity contribution in [2.45, 2.75) is 0 Å². The van der Waals surface area contributed by atoms with Gasteiger partial charge in [-0.1, -0.05) is 0 Å². The maximum atomic E-state index is 11.0. The lowest BCUT2D eigenvalue weighted by molar-refractivity contribution is 0.573. The van der Waals surface area contributed by atoms with Crippen LogP contribution in [-0.4, -0.2) is 12.0 Å². The van der Waals surface area contributed by atoms with E-state index in [-0.39, 0.29) is 0 Å². The van der Waals surface area contributed by atoms with E-state index in [0.29, 0.717) is 0 Å². The minimum Gasteiger partial charge on any atom is -0.275 e. The molecule has 0 saturated carbocycles. The van der Waals surface area contributed by atoms with E-state index < -0.39 is 22.7 Å². The summed E-state index contributed by atoms with van der Waals surface area (Å²) >= 11 is 0. The Labute approximate surface area is 37.3 Å². The van der Waals surface area contributed by atoms with Crippen LogP contribution in [0.5, 0.6) is 0 Å². The number of rotatable bonds is 2. The van der Waals surface area contributed by atoms with Crippen molar-refractivity contribution in [2.24, 2.45) is 0 Å². The van der Waals surface area contributed by atoms with Crippen molar-refractivity contribution in [1.82, 2.24) is 0 Å². The fraction of sp³-hybridized carbons (Fsp3) is 1.00. The number of nitrogens with one attached hydrogen (secondary N) is 1. The highest BCUT2D eigenvalue weighted by Gasteiger charge is 1.84. The molecule has 0 amide bonds.